The minimum absolute atomic E-state index is 0.0927. The summed E-state index contributed by atoms with van der Waals surface area (Å²) < 4.78 is 6.33. The number of fused-ring (bicyclic) bond motifs is 3. The molecular formula is C22H15Cl3N2O. The van der Waals surface area contributed by atoms with Gasteiger partial charge in [-0.1, -0.05) is 71.2 Å². The molecule has 0 unspecified atom stereocenters. The van der Waals surface area contributed by atoms with Crippen molar-refractivity contribution >= 4 is 40.5 Å². The molecule has 0 N–H and O–H groups in total. The van der Waals surface area contributed by atoms with Gasteiger partial charge in [-0.15, -0.1) is 0 Å². The van der Waals surface area contributed by atoms with E-state index in [4.69, 9.17) is 44.6 Å². The maximum Gasteiger partial charge on any atom is 0.213 e. The summed E-state index contributed by atoms with van der Waals surface area (Å²) in [6, 6.07) is 21.5. The monoisotopic (exact) mass is 428 g/mol. The molecule has 0 saturated heterocycles. The van der Waals surface area contributed by atoms with Crippen LogP contribution in [0, 0.1) is 0 Å². The molecule has 0 radical (unpaired) electrons. The highest BCUT2D eigenvalue weighted by Gasteiger charge is 2.40. The van der Waals surface area contributed by atoms with E-state index < -0.39 is 0 Å². The van der Waals surface area contributed by atoms with E-state index in [2.05, 4.69) is 6.07 Å². The van der Waals surface area contributed by atoms with Crippen LogP contribution in [0.4, 0.5) is 0 Å². The van der Waals surface area contributed by atoms with Gasteiger partial charge >= 0.3 is 0 Å². The average molecular weight is 430 g/mol. The van der Waals surface area contributed by atoms with Gasteiger partial charge < -0.3 is 4.74 Å². The second kappa shape index (κ2) is 7.00. The Labute approximate surface area is 178 Å². The number of para-hydroxylation sites is 1. The highest BCUT2D eigenvalue weighted by Crippen LogP contribution is 2.47. The Kier molecular flexibility index (Phi) is 4.47. The summed E-state index contributed by atoms with van der Waals surface area (Å²) in [5.41, 5.74) is 4.11. The van der Waals surface area contributed by atoms with Crippen LogP contribution in [0.1, 0.15) is 35.4 Å². The van der Waals surface area contributed by atoms with Crippen molar-refractivity contribution in [2.45, 2.75) is 18.7 Å². The SMILES string of the molecule is Clc1ccc(C2=NN3[C@@H](C2)c2ccccc2O[C@H]3c2ccc(Cl)c(Cl)c2)cc1. The Balaban J connectivity index is 1.59. The van der Waals surface area contributed by atoms with Gasteiger partial charge in [0, 0.05) is 22.6 Å². The van der Waals surface area contributed by atoms with E-state index in [-0.39, 0.29) is 12.3 Å². The van der Waals surface area contributed by atoms with Crippen LogP contribution in [0.25, 0.3) is 0 Å². The van der Waals surface area contributed by atoms with Gasteiger partial charge in [-0.3, -0.25) is 0 Å². The number of ether oxygens (including phenoxy) is 1. The Morgan fingerprint density at radius 3 is 2.46 bits per heavy atom. The lowest BCUT2D eigenvalue weighted by molar-refractivity contribution is -0.0190. The molecule has 2 atom stereocenters. The quantitative estimate of drug-likeness (QED) is 0.443. The molecule has 2 aliphatic rings. The zero-order valence-corrected chi connectivity index (χ0v) is 16.9. The molecule has 6 heteroatoms. The topological polar surface area (TPSA) is 24.8 Å². The van der Waals surface area contributed by atoms with Gasteiger partial charge in [0.25, 0.3) is 0 Å². The lowest BCUT2D eigenvalue weighted by Gasteiger charge is -2.38. The smallest absolute Gasteiger partial charge is 0.213 e. The van der Waals surface area contributed by atoms with Crippen LogP contribution in [-0.4, -0.2) is 10.7 Å². The van der Waals surface area contributed by atoms with Gasteiger partial charge in [0.1, 0.15) is 5.75 Å². The van der Waals surface area contributed by atoms with Crippen LogP contribution < -0.4 is 4.74 Å². The van der Waals surface area contributed by atoms with Gasteiger partial charge in [0.15, 0.2) is 0 Å². The summed E-state index contributed by atoms with van der Waals surface area (Å²) in [6.07, 6.45) is 0.416. The second-order valence-corrected chi connectivity index (χ2v) is 8.09. The lowest BCUT2D eigenvalue weighted by Crippen LogP contribution is -2.33. The summed E-state index contributed by atoms with van der Waals surface area (Å²) in [6.45, 7) is 0. The van der Waals surface area contributed by atoms with Gasteiger partial charge in [0.05, 0.1) is 21.8 Å². The summed E-state index contributed by atoms with van der Waals surface area (Å²) in [5, 5.41) is 8.67. The summed E-state index contributed by atoms with van der Waals surface area (Å²) in [4.78, 5) is 0. The number of benzene rings is 3. The predicted octanol–water partition coefficient (Wildman–Crippen LogP) is 6.89. The van der Waals surface area contributed by atoms with E-state index >= 15 is 0 Å². The highest BCUT2D eigenvalue weighted by molar-refractivity contribution is 6.42. The van der Waals surface area contributed by atoms with Crippen LogP contribution in [0.2, 0.25) is 15.1 Å². The molecule has 0 spiro atoms. The number of hydrazone groups is 1. The lowest BCUT2D eigenvalue weighted by atomic mass is 9.96. The standard InChI is InChI=1S/C22H15Cl3N2O/c23-15-8-5-13(6-9-15)19-12-20-16-3-1-2-4-21(16)28-22(27(20)26-19)14-7-10-17(24)18(25)11-14/h1-11,20,22H,12H2/t20-,22-/m0/s1. The molecule has 5 rings (SSSR count). The van der Waals surface area contributed by atoms with Crippen molar-refractivity contribution in [3.05, 3.63) is 98.5 Å². The third kappa shape index (κ3) is 3.04. The average Bonchev–Trinajstić information content (AvgIpc) is 3.16. The van der Waals surface area contributed by atoms with Crippen molar-refractivity contribution in [2.75, 3.05) is 0 Å². The Morgan fingerprint density at radius 2 is 1.68 bits per heavy atom. The van der Waals surface area contributed by atoms with Crippen molar-refractivity contribution < 1.29 is 4.74 Å². The predicted molar refractivity (Wildman–Crippen MR) is 113 cm³/mol. The molecule has 0 aliphatic carbocycles. The fourth-order valence-electron chi connectivity index (χ4n) is 3.74. The minimum Gasteiger partial charge on any atom is -0.464 e. The Morgan fingerprint density at radius 1 is 0.893 bits per heavy atom. The maximum atomic E-state index is 6.33. The fourth-order valence-corrected chi connectivity index (χ4v) is 4.17. The second-order valence-electron chi connectivity index (χ2n) is 6.84. The number of rotatable bonds is 2. The zero-order chi connectivity index (χ0) is 19.3. The van der Waals surface area contributed by atoms with E-state index in [0.717, 1.165) is 34.6 Å². The Hall–Kier alpha value is -2.20. The summed E-state index contributed by atoms with van der Waals surface area (Å²) >= 11 is 18.4. The number of hydrogen-bond acceptors (Lipinski definition) is 3. The molecule has 0 bridgehead atoms. The molecule has 140 valence electrons. The molecule has 3 nitrogen and oxygen atoms in total. The zero-order valence-electron chi connectivity index (χ0n) is 14.6. The molecular weight excluding hydrogens is 415 g/mol. The van der Waals surface area contributed by atoms with Crippen molar-refractivity contribution in [3.63, 3.8) is 0 Å². The number of halogens is 3. The van der Waals surface area contributed by atoms with E-state index in [9.17, 15) is 0 Å². The molecule has 3 aromatic rings. The molecule has 28 heavy (non-hydrogen) atoms. The molecule has 0 aromatic heterocycles. The number of nitrogens with zero attached hydrogens (tertiary/aromatic N) is 2. The third-order valence-electron chi connectivity index (χ3n) is 5.11. The van der Waals surface area contributed by atoms with E-state index in [0.29, 0.717) is 15.1 Å². The molecule has 3 aromatic carbocycles. The van der Waals surface area contributed by atoms with Crippen LogP contribution >= 0.6 is 34.8 Å². The fraction of sp³-hybridized carbons (Fsp3) is 0.136. The highest BCUT2D eigenvalue weighted by atomic mass is 35.5. The molecule has 0 fully saturated rings. The van der Waals surface area contributed by atoms with E-state index in [1.807, 2.05) is 59.6 Å². The summed E-state index contributed by atoms with van der Waals surface area (Å²) in [7, 11) is 0. The van der Waals surface area contributed by atoms with Crippen molar-refractivity contribution in [2.24, 2.45) is 5.10 Å². The Bertz CT molecular complexity index is 1080. The number of hydrogen-bond donors (Lipinski definition) is 0. The van der Waals surface area contributed by atoms with Crippen molar-refractivity contribution in [1.82, 2.24) is 5.01 Å². The van der Waals surface area contributed by atoms with Crippen LogP contribution in [-0.2, 0) is 0 Å². The molecule has 2 heterocycles. The molecule has 0 amide bonds. The first-order valence-corrected chi connectivity index (χ1v) is 10.1. The van der Waals surface area contributed by atoms with Gasteiger partial charge in [-0.2, -0.15) is 5.10 Å². The molecule has 2 aliphatic heterocycles. The van der Waals surface area contributed by atoms with Crippen LogP contribution in [0.15, 0.2) is 71.8 Å². The van der Waals surface area contributed by atoms with Crippen molar-refractivity contribution in [1.29, 1.82) is 0 Å². The van der Waals surface area contributed by atoms with Crippen molar-refractivity contribution in [3.8, 4) is 5.75 Å². The molecule has 0 saturated carbocycles. The largest absolute Gasteiger partial charge is 0.464 e. The third-order valence-corrected chi connectivity index (χ3v) is 6.10. The first kappa shape index (κ1) is 17.9. The minimum atomic E-state index is -0.375. The summed E-state index contributed by atoms with van der Waals surface area (Å²) in [5.74, 6) is 0.868. The first-order chi connectivity index (χ1) is 13.6. The first-order valence-electron chi connectivity index (χ1n) is 8.92. The van der Waals surface area contributed by atoms with E-state index in [1.165, 1.54) is 0 Å². The normalized spacial score (nSPS) is 20.2. The van der Waals surface area contributed by atoms with Crippen LogP contribution in [0.3, 0.4) is 0 Å². The maximum absolute atomic E-state index is 6.33. The van der Waals surface area contributed by atoms with E-state index in [1.54, 1.807) is 6.07 Å². The van der Waals surface area contributed by atoms with Gasteiger partial charge in [0.2, 0.25) is 6.23 Å². The van der Waals surface area contributed by atoms with Gasteiger partial charge in [-0.05, 0) is 35.9 Å². The van der Waals surface area contributed by atoms with Gasteiger partial charge in [-0.25, -0.2) is 5.01 Å². The van der Waals surface area contributed by atoms with Crippen LogP contribution in [0.5, 0.6) is 5.75 Å².